The van der Waals surface area contributed by atoms with Crippen LogP contribution in [0.4, 0.5) is 0 Å². The average molecular weight is 267 g/mol. The molecule has 3 rings (SSSR count). The Kier molecular flexibility index (Phi) is 4.14. The molecule has 2 heteroatoms. The Hall–Kier alpha value is -1.64. The van der Waals surface area contributed by atoms with Crippen LogP contribution in [0, 0.1) is 0 Å². The van der Waals surface area contributed by atoms with E-state index in [-0.39, 0.29) is 0 Å². The van der Waals surface area contributed by atoms with Gasteiger partial charge in [0.25, 0.3) is 0 Å². The summed E-state index contributed by atoms with van der Waals surface area (Å²) in [6.07, 6.45) is 0.405. The smallest absolute Gasteiger partial charge is 0.0962 e. The van der Waals surface area contributed by atoms with Crippen LogP contribution in [0.5, 0.6) is 0 Å². The number of hydrogen-bond donors (Lipinski definition) is 0. The van der Waals surface area contributed by atoms with Gasteiger partial charge >= 0.3 is 0 Å². The second-order valence-electron chi connectivity index (χ2n) is 5.49. The van der Waals surface area contributed by atoms with E-state index >= 15 is 0 Å². The molecule has 2 aromatic carbocycles. The number of nitrogens with zero attached hydrogens (tertiary/aromatic N) is 1. The molecule has 0 saturated carbocycles. The predicted molar refractivity (Wildman–Crippen MR) is 81.3 cm³/mol. The SMILES string of the molecule is C[C@@H]([C@@H]1CO1)N(Cc1ccccc1)Cc1ccccc1. The van der Waals surface area contributed by atoms with Gasteiger partial charge in [-0.1, -0.05) is 60.7 Å². The molecule has 2 atom stereocenters. The monoisotopic (exact) mass is 267 g/mol. The van der Waals surface area contributed by atoms with Crippen LogP contribution >= 0.6 is 0 Å². The highest BCUT2D eigenvalue weighted by Crippen LogP contribution is 2.22. The first kappa shape index (κ1) is 13.3. The van der Waals surface area contributed by atoms with E-state index in [0.29, 0.717) is 12.1 Å². The van der Waals surface area contributed by atoms with Gasteiger partial charge in [-0.2, -0.15) is 0 Å². The third-order valence-corrected chi connectivity index (χ3v) is 3.93. The molecule has 2 nitrogen and oxygen atoms in total. The first-order valence-corrected chi connectivity index (χ1v) is 7.26. The quantitative estimate of drug-likeness (QED) is 0.745. The molecule has 0 unspecified atom stereocenters. The molecule has 0 spiro atoms. The van der Waals surface area contributed by atoms with Crippen LogP contribution < -0.4 is 0 Å². The molecule has 0 N–H and O–H groups in total. The largest absolute Gasteiger partial charge is 0.371 e. The fraction of sp³-hybridized carbons (Fsp3) is 0.333. The van der Waals surface area contributed by atoms with Crippen LogP contribution in [0.25, 0.3) is 0 Å². The standard InChI is InChI=1S/C18H21NO/c1-15(18-14-20-18)19(12-16-8-4-2-5-9-16)13-17-10-6-3-7-11-17/h2-11,15,18H,12-14H2,1H3/t15-,18-/m0/s1. The van der Waals surface area contributed by atoms with Crippen molar-refractivity contribution in [2.45, 2.75) is 32.2 Å². The van der Waals surface area contributed by atoms with Gasteiger partial charge in [-0.05, 0) is 18.1 Å². The van der Waals surface area contributed by atoms with Gasteiger partial charge in [0, 0.05) is 19.1 Å². The number of rotatable bonds is 6. The molecule has 20 heavy (non-hydrogen) atoms. The van der Waals surface area contributed by atoms with Gasteiger partial charge in [-0.15, -0.1) is 0 Å². The maximum absolute atomic E-state index is 5.48. The van der Waals surface area contributed by atoms with Crippen molar-refractivity contribution >= 4 is 0 Å². The Morgan fingerprint density at radius 2 is 1.40 bits per heavy atom. The zero-order valence-corrected chi connectivity index (χ0v) is 11.9. The molecule has 1 heterocycles. The minimum atomic E-state index is 0.405. The summed E-state index contributed by atoms with van der Waals surface area (Å²) in [5, 5.41) is 0. The van der Waals surface area contributed by atoms with E-state index in [0.717, 1.165) is 19.7 Å². The Balaban J connectivity index is 1.73. The van der Waals surface area contributed by atoms with Gasteiger partial charge < -0.3 is 4.74 Å². The van der Waals surface area contributed by atoms with Crippen LogP contribution in [-0.2, 0) is 17.8 Å². The summed E-state index contributed by atoms with van der Waals surface area (Å²) in [7, 11) is 0. The van der Waals surface area contributed by atoms with E-state index < -0.39 is 0 Å². The minimum Gasteiger partial charge on any atom is -0.371 e. The van der Waals surface area contributed by atoms with Crippen LogP contribution in [0.1, 0.15) is 18.1 Å². The van der Waals surface area contributed by atoms with Crippen LogP contribution in [0.3, 0.4) is 0 Å². The predicted octanol–water partition coefficient (Wildman–Crippen LogP) is 3.48. The van der Waals surface area contributed by atoms with E-state index in [1.165, 1.54) is 11.1 Å². The van der Waals surface area contributed by atoms with E-state index in [4.69, 9.17) is 4.74 Å². The lowest BCUT2D eigenvalue weighted by molar-refractivity contribution is 0.157. The zero-order chi connectivity index (χ0) is 13.8. The second kappa shape index (κ2) is 6.21. The molecule has 0 radical (unpaired) electrons. The fourth-order valence-electron chi connectivity index (χ4n) is 2.55. The maximum atomic E-state index is 5.48. The van der Waals surface area contributed by atoms with Crippen LogP contribution in [-0.4, -0.2) is 23.7 Å². The topological polar surface area (TPSA) is 15.8 Å². The molecule has 1 fully saturated rings. The van der Waals surface area contributed by atoms with Crippen molar-refractivity contribution in [3.05, 3.63) is 71.8 Å². The number of benzene rings is 2. The van der Waals surface area contributed by atoms with Crippen molar-refractivity contribution in [3.8, 4) is 0 Å². The van der Waals surface area contributed by atoms with Crippen molar-refractivity contribution in [1.82, 2.24) is 4.90 Å². The van der Waals surface area contributed by atoms with Crippen molar-refractivity contribution < 1.29 is 4.74 Å². The van der Waals surface area contributed by atoms with Crippen LogP contribution in [0.2, 0.25) is 0 Å². The van der Waals surface area contributed by atoms with E-state index in [2.05, 4.69) is 72.5 Å². The van der Waals surface area contributed by atoms with E-state index in [9.17, 15) is 0 Å². The number of hydrogen-bond acceptors (Lipinski definition) is 2. The first-order valence-electron chi connectivity index (χ1n) is 7.26. The summed E-state index contributed by atoms with van der Waals surface area (Å²) in [6.45, 7) is 5.11. The summed E-state index contributed by atoms with van der Waals surface area (Å²) < 4.78 is 5.48. The third-order valence-electron chi connectivity index (χ3n) is 3.93. The molecule has 1 saturated heterocycles. The summed E-state index contributed by atoms with van der Waals surface area (Å²) in [5.41, 5.74) is 2.71. The van der Waals surface area contributed by atoms with Crippen molar-refractivity contribution in [1.29, 1.82) is 0 Å². The zero-order valence-electron chi connectivity index (χ0n) is 11.9. The fourth-order valence-corrected chi connectivity index (χ4v) is 2.55. The Labute approximate surface area is 121 Å². The van der Waals surface area contributed by atoms with Gasteiger partial charge in [-0.25, -0.2) is 0 Å². The Bertz CT molecular complexity index is 480. The number of epoxide rings is 1. The minimum absolute atomic E-state index is 0.405. The van der Waals surface area contributed by atoms with Gasteiger partial charge in [0.1, 0.15) is 0 Å². The van der Waals surface area contributed by atoms with Crippen molar-refractivity contribution in [3.63, 3.8) is 0 Å². The summed E-state index contributed by atoms with van der Waals surface area (Å²) in [6, 6.07) is 21.8. The van der Waals surface area contributed by atoms with E-state index in [1.807, 2.05) is 0 Å². The normalized spacial score (nSPS) is 19.0. The first-order chi connectivity index (χ1) is 9.83. The number of ether oxygens (including phenoxy) is 1. The van der Waals surface area contributed by atoms with Crippen molar-refractivity contribution in [2.24, 2.45) is 0 Å². The molecule has 2 aromatic rings. The van der Waals surface area contributed by atoms with Gasteiger partial charge in [0.05, 0.1) is 12.7 Å². The molecular weight excluding hydrogens is 246 g/mol. The lowest BCUT2D eigenvalue weighted by Crippen LogP contribution is -2.36. The molecule has 1 aliphatic rings. The molecule has 0 aromatic heterocycles. The highest BCUT2D eigenvalue weighted by Gasteiger charge is 2.33. The molecule has 104 valence electrons. The summed E-state index contributed by atoms with van der Waals surface area (Å²) in [5.74, 6) is 0. The van der Waals surface area contributed by atoms with Gasteiger partial charge in [0.15, 0.2) is 0 Å². The molecular formula is C18H21NO. The Morgan fingerprint density at radius 3 is 1.80 bits per heavy atom. The third kappa shape index (κ3) is 3.47. The molecule has 0 aliphatic carbocycles. The Morgan fingerprint density at radius 1 is 0.950 bits per heavy atom. The lowest BCUT2D eigenvalue weighted by Gasteiger charge is -2.28. The summed E-state index contributed by atoms with van der Waals surface area (Å²) >= 11 is 0. The highest BCUT2D eigenvalue weighted by molar-refractivity contribution is 5.17. The maximum Gasteiger partial charge on any atom is 0.0962 e. The molecule has 0 bridgehead atoms. The highest BCUT2D eigenvalue weighted by atomic mass is 16.6. The van der Waals surface area contributed by atoms with Gasteiger partial charge in [-0.3, -0.25) is 4.90 Å². The van der Waals surface area contributed by atoms with Gasteiger partial charge in [0.2, 0.25) is 0 Å². The lowest BCUT2D eigenvalue weighted by atomic mass is 10.1. The second-order valence-corrected chi connectivity index (χ2v) is 5.49. The van der Waals surface area contributed by atoms with Crippen molar-refractivity contribution in [2.75, 3.05) is 6.61 Å². The molecule has 0 amide bonds. The van der Waals surface area contributed by atoms with E-state index in [1.54, 1.807) is 0 Å². The summed E-state index contributed by atoms with van der Waals surface area (Å²) in [4.78, 5) is 2.50. The van der Waals surface area contributed by atoms with Crippen LogP contribution in [0.15, 0.2) is 60.7 Å². The average Bonchev–Trinajstić information content (AvgIpc) is 3.33. The molecule has 1 aliphatic heterocycles.